The number of benzene rings is 1. The van der Waals surface area contributed by atoms with Crippen LogP contribution in [0.1, 0.15) is 21.5 Å². The number of fused-ring (bicyclic) bond motifs is 1. The van der Waals surface area contributed by atoms with Gasteiger partial charge in [0.05, 0.1) is 5.56 Å². The van der Waals surface area contributed by atoms with Crippen molar-refractivity contribution in [2.24, 2.45) is 0 Å². The largest absolute Gasteiger partial charge is 0.480 e. The lowest BCUT2D eigenvalue weighted by Crippen LogP contribution is -2.48. The summed E-state index contributed by atoms with van der Waals surface area (Å²) in [6.07, 6.45) is -3.24. The molecule has 142 valence electrons. The normalized spacial score (nSPS) is 16.6. The molecule has 1 atom stereocenters. The maximum absolute atomic E-state index is 12.8. The molecule has 0 saturated carbocycles. The fourth-order valence-corrected chi connectivity index (χ4v) is 2.87. The molecular weight excluding hydrogens is 365 g/mol. The molecule has 0 bridgehead atoms. The standard InChI is InChI=1S/C18H15F3N2O4/c19-18(20,21)10-27-15-6-5-12(8-22-15)16(24)23-9-13-4-2-1-3-11(13)7-14(23)17(25)26/h1-6,8,14H,7,9-10H2,(H,25,26). The Bertz CT molecular complexity index is 852. The number of carbonyl (C=O) groups is 2. The van der Waals surface area contributed by atoms with Crippen molar-refractivity contribution in [3.8, 4) is 5.88 Å². The van der Waals surface area contributed by atoms with E-state index in [0.717, 1.165) is 23.4 Å². The van der Waals surface area contributed by atoms with Crippen LogP contribution in [0.15, 0.2) is 42.6 Å². The van der Waals surface area contributed by atoms with E-state index in [1.165, 1.54) is 11.0 Å². The number of nitrogens with zero attached hydrogens (tertiary/aromatic N) is 2. The lowest BCUT2D eigenvalue weighted by Gasteiger charge is -2.34. The number of halogens is 3. The number of carbonyl (C=O) groups excluding carboxylic acids is 1. The third kappa shape index (κ3) is 4.36. The first-order chi connectivity index (χ1) is 12.7. The number of aromatic nitrogens is 1. The van der Waals surface area contributed by atoms with E-state index in [-0.39, 0.29) is 24.4 Å². The second-order valence-electron chi connectivity index (χ2n) is 6.05. The molecule has 1 aromatic carbocycles. The summed E-state index contributed by atoms with van der Waals surface area (Å²) < 4.78 is 41.0. The lowest BCUT2D eigenvalue weighted by molar-refractivity contribution is -0.154. The van der Waals surface area contributed by atoms with Crippen LogP contribution in [-0.4, -0.2) is 45.7 Å². The molecule has 1 aliphatic heterocycles. The molecule has 2 aromatic rings. The summed E-state index contributed by atoms with van der Waals surface area (Å²) in [5.41, 5.74) is 1.78. The molecule has 0 saturated heterocycles. The Morgan fingerprint density at radius 2 is 1.89 bits per heavy atom. The highest BCUT2D eigenvalue weighted by atomic mass is 19.4. The van der Waals surface area contributed by atoms with Crippen LogP contribution in [0.3, 0.4) is 0 Å². The first-order valence-electron chi connectivity index (χ1n) is 8.01. The zero-order chi connectivity index (χ0) is 19.6. The Morgan fingerprint density at radius 3 is 2.48 bits per heavy atom. The summed E-state index contributed by atoms with van der Waals surface area (Å²) in [7, 11) is 0. The van der Waals surface area contributed by atoms with Gasteiger partial charge >= 0.3 is 12.1 Å². The Labute approximate surface area is 152 Å². The molecule has 27 heavy (non-hydrogen) atoms. The van der Waals surface area contributed by atoms with Crippen LogP contribution in [0.4, 0.5) is 13.2 Å². The second kappa shape index (κ2) is 7.26. The van der Waals surface area contributed by atoms with Gasteiger partial charge in [0.15, 0.2) is 6.61 Å². The Kier molecular flexibility index (Phi) is 5.02. The molecular formula is C18H15F3N2O4. The molecule has 0 aliphatic carbocycles. The minimum atomic E-state index is -4.49. The number of ether oxygens (including phenoxy) is 1. The van der Waals surface area contributed by atoms with Gasteiger partial charge in [-0.25, -0.2) is 9.78 Å². The highest BCUT2D eigenvalue weighted by Crippen LogP contribution is 2.25. The van der Waals surface area contributed by atoms with Crippen molar-refractivity contribution < 1.29 is 32.6 Å². The minimum absolute atomic E-state index is 0.0694. The van der Waals surface area contributed by atoms with Crippen molar-refractivity contribution in [3.63, 3.8) is 0 Å². The average Bonchev–Trinajstić information content (AvgIpc) is 2.64. The maximum atomic E-state index is 12.8. The number of hydrogen-bond acceptors (Lipinski definition) is 4. The molecule has 1 aromatic heterocycles. The van der Waals surface area contributed by atoms with Crippen molar-refractivity contribution in [2.45, 2.75) is 25.2 Å². The highest BCUT2D eigenvalue weighted by molar-refractivity contribution is 5.96. The van der Waals surface area contributed by atoms with E-state index in [1.807, 2.05) is 12.1 Å². The van der Waals surface area contributed by atoms with Crippen molar-refractivity contribution >= 4 is 11.9 Å². The third-order valence-electron chi connectivity index (χ3n) is 4.16. The summed E-state index contributed by atoms with van der Waals surface area (Å²) in [5, 5.41) is 9.48. The summed E-state index contributed by atoms with van der Waals surface area (Å²) in [5.74, 6) is -1.97. The predicted octanol–water partition coefficient (Wildman–Crippen LogP) is 2.67. The molecule has 0 spiro atoms. The topological polar surface area (TPSA) is 79.7 Å². The maximum Gasteiger partial charge on any atom is 0.422 e. The van der Waals surface area contributed by atoms with Crippen LogP contribution in [0.5, 0.6) is 5.88 Å². The van der Waals surface area contributed by atoms with Crippen molar-refractivity contribution in [1.82, 2.24) is 9.88 Å². The van der Waals surface area contributed by atoms with Gasteiger partial charge in [0.2, 0.25) is 5.88 Å². The number of amides is 1. The van der Waals surface area contributed by atoms with Gasteiger partial charge in [-0.3, -0.25) is 4.79 Å². The van der Waals surface area contributed by atoms with Crippen molar-refractivity contribution in [2.75, 3.05) is 6.61 Å². The van der Waals surface area contributed by atoms with Crippen LogP contribution in [0.25, 0.3) is 0 Å². The van der Waals surface area contributed by atoms with Crippen LogP contribution in [0, 0.1) is 0 Å². The monoisotopic (exact) mass is 380 g/mol. The molecule has 1 aliphatic rings. The number of carboxylic acid groups (broad SMARTS) is 1. The molecule has 3 rings (SSSR count). The van der Waals surface area contributed by atoms with Crippen molar-refractivity contribution in [1.29, 1.82) is 0 Å². The lowest BCUT2D eigenvalue weighted by atomic mass is 9.93. The Morgan fingerprint density at radius 1 is 1.19 bits per heavy atom. The van der Waals surface area contributed by atoms with Crippen molar-refractivity contribution in [3.05, 3.63) is 59.3 Å². The van der Waals surface area contributed by atoms with E-state index in [2.05, 4.69) is 9.72 Å². The summed E-state index contributed by atoms with van der Waals surface area (Å²) in [4.78, 5) is 29.3. The number of alkyl halides is 3. The molecule has 0 fully saturated rings. The van der Waals surface area contributed by atoms with Crippen LogP contribution in [0.2, 0.25) is 0 Å². The molecule has 1 unspecified atom stereocenters. The fraction of sp³-hybridized carbons (Fsp3) is 0.278. The second-order valence-corrected chi connectivity index (χ2v) is 6.05. The Hall–Kier alpha value is -3.10. The van der Waals surface area contributed by atoms with E-state index < -0.39 is 30.7 Å². The van der Waals surface area contributed by atoms with Crippen LogP contribution in [-0.2, 0) is 17.8 Å². The van der Waals surface area contributed by atoms with E-state index in [1.54, 1.807) is 12.1 Å². The minimum Gasteiger partial charge on any atom is -0.480 e. The first-order valence-corrected chi connectivity index (χ1v) is 8.01. The SMILES string of the molecule is O=C(O)C1Cc2ccccc2CN1C(=O)c1ccc(OCC(F)(F)F)nc1. The van der Waals surface area contributed by atoms with Gasteiger partial charge in [-0.05, 0) is 17.2 Å². The summed E-state index contributed by atoms with van der Waals surface area (Å²) >= 11 is 0. The average molecular weight is 380 g/mol. The van der Waals surface area contributed by atoms with Gasteiger partial charge in [-0.15, -0.1) is 0 Å². The molecule has 9 heteroatoms. The zero-order valence-corrected chi connectivity index (χ0v) is 13.9. The van der Waals surface area contributed by atoms with Crippen LogP contribution >= 0.6 is 0 Å². The van der Waals surface area contributed by atoms with E-state index in [9.17, 15) is 27.9 Å². The summed E-state index contributed by atoms with van der Waals surface area (Å²) in [6.45, 7) is -1.37. The number of pyridine rings is 1. The zero-order valence-electron chi connectivity index (χ0n) is 13.9. The van der Waals surface area contributed by atoms with Crippen LogP contribution < -0.4 is 4.74 Å². The Balaban J connectivity index is 1.78. The van der Waals surface area contributed by atoms with Gasteiger partial charge in [-0.2, -0.15) is 13.2 Å². The van der Waals surface area contributed by atoms with Gasteiger partial charge in [0, 0.05) is 25.2 Å². The molecule has 0 radical (unpaired) electrons. The van der Waals surface area contributed by atoms with Gasteiger partial charge < -0.3 is 14.7 Å². The predicted molar refractivity (Wildman–Crippen MR) is 87.2 cm³/mol. The molecule has 2 heterocycles. The number of hydrogen-bond donors (Lipinski definition) is 1. The first kappa shape index (κ1) is 18.7. The van der Waals surface area contributed by atoms with E-state index >= 15 is 0 Å². The quantitative estimate of drug-likeness (QED) is 0.882. The number of carboxylic acids is 1. The van der Waals surface area contributed by atoms with Gasteiger partial charge in [0.25, 0.3) is 5.91 Å². The molecule has 1 N–H and O–H groups in total. The molecule has 1 amide bonds. The fourth-order valence-electron chi connectivity index (χ4n) is 2.87. The van der Waals surface area contributed by atoms with Gasteiger partial charge in [-0.1, -0.05) is 24.3 Å². The number of aliphatic carboxylic acids is 1. The third-order valence-corrected chi connectivity index (χ3v) is 4.16. The smallest absolute Gasteiger partial charge is 0.422 e. The number of rotatable bonds is 4. The highest BCUT2D eigenvalue weighted by Gasteiger charge is 2.35. The molecule has 6 nitrogen and oxygen atoms in total. The van der Waals surface area contributed by atoms with E-state index in [4.69, 9.17) is 0 Å². The van der Waals surface area contributed by atoms with E-state index in [0.29, 0.717) is 0 Å². The van der Waals surface area contributed by atoms with Gasteiger partial charge in [0.1, 0.15) is 6.04 Å². The summed E-state index contributed by atoms with van der Waals surface area (Å²) in [6, 6.07) is 8.62.